The van der Waals surface area contributed by atoms with Crippen molar-refractivity contribution in [3.05, 3.63) is 35.9 Å². The molecule has 1 nitrogen and oxygen atoms in total. The van der Waals surface area contributed by atoms with Gasteiger partial charge in [-0.25, -0.2) is 0 Å². The number of fused-ring (bicyclic) bond motifs is 2. The Hall–Kier alpha value is -0.820. The second kappa shape index (κ2) is 3.34. The summed E-state index contributed by atoms with van der Waals surface area (Å²) in [5, 5.41) is 0. The quantitative estimate of drug-likeness (QED) is 0.711. The number of nitrogens with zero attached hydrogens (tertiary/aromatic N) is 1. The molecule has 1 heteroatoms. The summed E-state index contributed by atoms with van der Waals surface area (Å²) in [6.07, 6.45) is 4.30. The summed E-state index contributed by atoms with van der Waals surface area (Å²) in [4.78, 5) is 2.69. The molecule has 1 aromatic rings. The molecule has 80 valence electrons. The van der Waals surface area contributed by atoms with Crippen molar-refractivity contribution in [1.82, 2.24) is 4.90 Å². The fraction of sp³-hybridized carbons (Fsp3) is 0.571. The van der Waals surface area contributed by atoms with Crippen LogP contribution in [0.15, 0.2) is 30.3 Å². The Kier molecular flexibility index (Phi) is 2.10. The lowest BCUT2D eigenvalue weighted by atomic mass is 9.99. The van der Waals surface area contributed by atoms with Gasteiger partial charge in [0.05, 0.1) is 0 Å². The van der Waals surface area contributed by atoms with Gasteiger partial charge in [-0.3, -0.25) is 4.90 Å². The van der Waals surface area contributed by atoms with E-state index in [1.807, 2.05) is 0 Å². The van der Waals surface area contributed by atoms with Gasteiger partial charge < -0.3 is 0 Å². The van der Waals surface area contributed by atoms with E-state index in [-0.39, 0.29) is 0 Å². The van der Waals surface area contributed by atoms with Gasteiger partial charge in [-0.2, -0.15) is 0 Å². The number of hydrogen-bond acceptors (Lipinski definition) is 1. The fourth-order valence-corrected chi connectivity index (χ4v) is 3.38. The monoisotopic (exact) mass is 201 g/mol. The Bertz CT molecular complexity index is 346. The Morgan fingerprint density at radius 1 is 1.33 bits per heavy atom. The van der Waals surface area contributed by atoms with Gasteiger partial charge in [0.15, 0.2) is 0 Å². The molecule has 15 heavy (non-hydrogen) atoms. The molecule has 2 fully saturated rings. The lowest BCUT2D eigenvalue weighted by molar-refractivity contribution is 0.123. The van der Waals surface area contributed by atoms with Gasteiger partial charge in [-0.15, -0.1) is 0 Å². The highest BCUT2D eigenvalue weighted by Crippen LogP contribution is 2.46. The van der Waals surface area contributed by atoms with E-state index in [2.05, 4.69) is 42.2 Å². The van der Waals surface area contributed by atoms with Crippen LogP contribution in [0.4, 0.5) is 0 Å². The predicted octanol–water partition coefficient (Wildman–Crippen LogP) is 3.06. The van der Waals surface area contributed by atoms with Gasteiger partial charge in [0, 0.05) is 18.6 Å². The summed E-state index contributed by atoms with van der Waals surface area (Å²) in [7, 11) is 0. The molecule has 0 N–H and O–H groups in total. The van der Waals surface area contributed by atoms with Gasteiger partial charge in [-0.05, 0) is 37.7 Å². The van der Waals surface area contributed by atoms with E-state index in [1.165, 1.54) is 31.4 Å². The normalized spacial score (nSPS) is 34.9. The van der Waals surface area contributed by atoms with Crippen molar-refractivity contribution in [1.29, 1.82) is 0 Å². The highest BCUT2D eigenvalue weighted by Gasteiger charge is 2.46. The van der Waals surface area contributed by atoms with Crippen LogP contribution in [-0.4, -0.2) is 17.0 Å². The maximum atomic E-state index is 2.69. The number of likely N-dealkylation sites (tertiary alicyclic amines) is 1. The Labute approximate surface area is 92.1 Å². The maximum Gasteiger partial charge on any atom is 0.0239 e. The Morgan fingerprint density at radius 2 is 2.13 bits per heavy atom. The minimum atomic E-state index is 0.514. The van der Waals surface area contributed by atoms with E-state index in [0.717, 1.165) is 12.5 Å². The predicted molar refractivity (Wildman–Crippen MR) is 62.6 cm³/mol. The topological polar surface area (TPSA) is 3.24 Å². The van der Waals surface area contributed by atoms with Crippen LogP contribution in [0.3, 0.4) is 0 Å². The van der Waals surface area contributed by atoms with Crippen molar-refractivity contribution in [2.24, 2.45) is 5.92 Å². The molecule has 2 bridgehead atoms. The zero-order valence-corrected chi connectivity index (χ0v) is 9.45. The molecular formula is C14H19N. The molecule has 1 saturated heterocycles. The first-order valence-electron chi connectivity index (χ1n) is 6.05. The van der Waals surface area contributed by atoms with Crippen LogP contribution in [0.2, 0.25) is 0 Å². The molecule has 1 aliphatic carbocycles. The Balaban J connectivity index is 1.75. The van der Waals surface area contributed by atoms with Gasteiger partial charge >= 0.3 is 0 Å². The van der Waals surface area contributed by atoms with Gasteiger partial charge in [-0.1, -0.05) is 30.3 Å². The third-order valence-corrected chi connectivity index (χ3v) is 4.28. The smallest absolute Gasteiger partial charge is 0.0239 e. The first-order valence-corrected chi connectivity index (χ1v) is 6.05. The first kappa shape index (κ1) is 9.41. The molecular weight excluding hydrogens is 182 g/mol. The van der Waals surface area contributed by atoms with Crippen molar-refractivity contribution >= 4 is 0 Å². The van der Waals surface area contributed by atoms with Gasteiger partial charge in [0.2, 0.25) is 0 Å². The van der Waals surface area contributed by atoms with E-state index in [0.29, 0.717) is 5.54 Å². The number of benzene rings is 1. The SMILES string of the molecule is CC12CCC(CN1Cc1ccccc1)C2. The van der Waals surface area contributed by atoms with E-state index in [1.54, 1.807) is 0 Å². The maximum absolute atomic E-state index is 2.69. The van der Waals surface area contributed by atoms with Crippen LogP contribution in [0, 0.1) is 5.92 Å². The molecule has 0 aromatic heterocycles. The highest BCUT2D eigenvalue weighted by molar-refractivity contribution is 5.16. The Morgan fingerprint density at radius 3 is 2.73 bits per heavy atom. The number of piperidine rings is 1. The second-order valence-electron chi connectivity index (χ2n) is 5.47. The van der Waals surface area contributed by atoms with Crippen molar-refractivity contribution in [3.63, 3.8) is 0 Å². The minimum absolute atomic E-state index is 0.514. The summed E-state index contributed by atoms with van der Waals surface area (Å²) in [5.41, 5.74) is 1.98. The van der Waals surface area contributed by atoms with Gasteiger partial charge in [0.1, 0.15) is 0 Å². The minimum Gasteiger partial charge on any atom is -0.293 e. The fourth-order valence-electron chi connectivity index (χ4n) is 3.38. The molecule has 1 aliphatic heterocycles. The van der Waals surface area contributed by atoms with Gasteiger partial charge in [0.25, 0.3) is 0 Å². The van der Waals surface area contributed by atoms with Crippen molar-refractivity contribution < 1.29 is 0 Å². The standard InChI is InChI=1S/C14H19N/c1-14-8-7-13(9-14)11-15(14)10-12-5-3-2-4-6-12/h2-6,13H,7-11H2,1H3. The average Bonchev–Trinajstić information content (AvgIpc) is 2.75. The molecule has 0 radical (unpaired) electrons. The molecule has 0 amide bonds. The number of hydrogen-bond donors (Lipinski definition) is 0. The van der Waals surface area contributed by atoms with Crippen molar-refractivity contribution in [2.45, 2.75) is 38.3 Å². The zero-order valence-electron chi connectivity index (χ0n) is 9.45. The molecule has 2 atom stereocenters. The summed E-state index contributed by atoms with van der Waals surface area (Å²) in [5.74, 6) is 0.985. The molecule has 2 aliphatic rings. The summed E-state index contributed by atoms with van der Waals surface area (Å²) < 4.78 is 0. The van der Waals surface area contributed by atoms with E-state index in [9.17, 15) is 0 Å². The van der Waals surface area contributed by atoms with E-state index < -0.39 is 0 Å². The van der Waals surface area contributed by atoms with E-state index >= 15 is 0 Å². The average molecular weight is 201 g/mol. The van der Waals surface area contributed by atoms with Crippen LogP contribution in [0.25, 0.3) is 0 Å². The third kappa shape index (κ3) is 1.59. The van der Waals surface area contributed by atoms with Crippen molar-refractivity contribution in [3.8, 4) is 0 Å². The highest BCUT2D eigenvalue weighted by atomic mass is 15.2. The van der Waals surface area contributed by atoms with Crippen LogP contribution < -0.4 is 0 Å². The summed E-state index contributed by atoms with van der Waals surface area (Å²) in [6.45, 7) is 4.92. The molecule has 0 spiro atoms. The third-order valence-electron chi connectivity index (χ3n) is 4.28. The number of rotatable bonds is 2. The van der Waals surface area contributed by atoms with E-state index in [4.69, 9.17) is 0 Å². The molecule has 1 saturated carbocycles. The van der Waals surface area contributed by atoms with Crippen LogP contribution in [-0.2, 0) is 6.54 Å². The van der Waals surface area contributed by atoms with Crippen LogP contribution in [0.1, 0.15) is 31.7 Å². The molecule has 2 unspecified atom stereocenters. The summed E-state index contributed by atoms with van der Waals surface area (Å²) >= 11 is 0. The first-order chi connectivity index (χ1) is 7.26. The lowest BCUT2D eigenvalue weighted by Gasteiger charge is -2.35. The largest absolute Gasteiger partial charge is 0.293 e. The lowest BCUT2D eigenvalue weighted by Crippen LogP contribution is -2.41. The van der Waals surface area contributed by atoms with Crippen LogP contribution >= 0.6 is 0 Å². The zero-order chi connectivity index (χ0) is 10.3. The molecule has 1 aromatic carbocycles. The molecule has 1 heterocycles. The summed E-state index contributed by atoms with van der Waals surface area (Å²) in [6, 6.07) is 10.9. The van der Waals surface area contributed by atoms with Crippen molar-refractivity contribution in [2.75, 3.05) is 6.54 Å². The van der Waals surface area contributed by atoms with Crippen LogP contribution in [0.5, 0.6) is 0 Å². The second-order valence-corrected chi connectivity index (χ2v) is 5.47. The molecule has 3 rings (SSSR count).